The Bertz CT molecular complexity index is 371. The average molecular weight is 254 g/mol. The van der Waals surface area contributed by atoms with Crippen LogP contribution in [-0.4, -0.2) is 33.8 Å². The van der Waals surface area contributed by atoms with Gasteiger partial charge in [0, 0.05) is 12.6 Å². The summed E-state index contributed by atoms with van der Waals surface area (Å²) in [5.41, 5.74) is 6.36. The first-order chi connectivity index (χ1) is 8.58. The van der Waals surface area contributed by atoms with Crippen molar-refractivity contribution in [2.24, 2.45) is 0 Å². The van der Waals surface area contributed by atoms with E-state index in [0.717, 1.165) is 6.42 Å². The Hall–Kier alpha value is -1.56. The van der Waals surface area contributed by atoms with Gasteiger partial charge < -0.3 is 20.9 Å². The number of aromatic nitrogens is 2. The molecule has 1 aromatic heterocycles. The van der Waals surface area contributed by atoms with Crippen molar-refractivity contribution in [2.75, 3.05) is 17.7 Å². The Labute approximate surface area is 108 Å². The maximum Gasteiger partial charge on any atom is 0.242 e. The highest BCUT2D eigenvalue weighted by Crippen LogP contribution is 2.26. The minimum absolute atomic E-state index is 0.00876. The topological polar surface area (TPSA) is 93.3 Å². The minimum Gasteiger partial charge on any atom is -0.473 e. The Morgan fingerprint density at radius 1 is 1.44 bits per heavy atom. The zero-order valence-corrected chi connectivity index (χ0v) is 11.2. The molecule has 6 heteroatoms. The number of nitrogens with two attached hydrogens (primary N) is 1. The normalized spacial score (nSPS) is 12.5. The monoisotopic (exact) mass is 254 g/mol. The van der Waals surface area contributed by atoms with Crippen LogP contribution in [0.2, 0.25) is 0 Å². The third kappa shape index (κ3) is 4.03. The molecule has 0 saturated heterocycles. The van der Waals surface area contributed by atoms with Crippen LogP contribution >= 0.6 is 0 Å². The van der Waals surface area contributed by atoms with Gasteiger partial charge in [0.2, 0.25) is 5.88 Å². The Morgan fingerprint density at radius 2 is 2.17 bits per heavy atom. The number of hydrogen-bond donors (Lipinski definition) is 3. The molecule has 4 N–H and O–H groups in total. The molecule has 6 nitrogen and oxygen atoms in total. The number of anilines is 2. The van der Waals surface area contributed by atoms with Crippen LogP contribution in [0.1, 0.15) is 33.6 Å². The molecule has 102 valence electrons. The number of rotatable bonds is 7. The number of aliphatic hydroxyl groups is 1. The van der Waals surface area contributed by atoms with Gasteiger partial charge in [0.15, 0.2) is 5.82 Å². The van der Waals surface area contributed by atoms with E-state index in [2.05, 4.69) is 15.3 Å². The van der Waals surface area contributed by atoms with E-state index in [0.29, 0.717) is 23.8 Å². The SMILES string of the molecule is CCC(CCO)Nc1ncnc(OC(C)C)c1N. The van der Waals surface area contributed by atoms with Gasteiger partial charge in [-0.05, 0) is 26.7 Å². The average Bonchev–Trinajstić information content (AvgIpc) is 2.32. The number of nitrogens with zero attached hydrogens (tertiary/aromatic N) is 2. The van der Waals surface area contributed by atoms with Gasteiger partial charge in [-0.1, -0.05) is 6.92 Å². The largest absolute Gasteiger partial charge is 0.473 e. The molecule has 0 fully saturated rings. The third-order valence-electron chi connectivity index (χ3n) is 2.51. The quantitative estimate of drug-likeness (QED) is 0.681. The number of ether oxygens (including phenoxy) is 1. The summed E-state index contributed by atoms with van der Waals surface area (Å²) in [7, 11) is 0. The first-order valence-electron chi connectivity index (χ1n) is 6.23. The summed E-state index contributed by atoms with van der Waals surface area (Å²) >= 11 is 0. The van der Waals surface area contributed by atoms with Crippen LogP contribution in [0.15, 0.2) is 6.33 Å². The molecule has 0 aliphatic carbocycles. The van der Waals surface area contributed by atoms with E-state index < -0.39 is 0 Å². The van der Waals surface area contributed by atoms with E-state index in [9.17, 15) is 0 Å². The summed E-state index contributed by atoms with van der Waals surface area (Å²) in [4.78, 5) is 8.12. The molecule has 1 atom stereocenters. The molecule has 18 heavy (non-hydrogen) atoms. The van der Waals surface area contributed by atoms with Crippen molar-refractivity contribution < 1.29 is 9.84 Å². The Morgan fingerprint density at radius 3 is 2.72 bits per heavy atom. The second-order valence-electron chi connectivity index (χ2n) is 4.37. The summed E-state index contributed by atoms with van der Waals surface area (Å²) in [6, 6.07) is 0.138. The van der Waals surface area contributed by atoms with E-state index >= 15 is 0 Å². The molecular weight excluding hydrogens is 232 g/mol. The fraction of sp³-hybridized carbons (Fsp3) is 0.667. The first kappa shape index (κ1) is 14.5. The molecule has 1 rings (SSSR count). The lowest BCUT2D eigenvalue weighted by atomic mass is 10.1. The Kier molecular flexibility index (Phi) is 5.64. The van der Waals surface area contributed by atoms with Crippen LogP contribution in [0.4, 0.5) is 11.5 Å². The molecule has 0 bridgehead atoms. The van der Waals surface area contributed by atoms with Gasteiger partial charge in [0.05, 0.1) is 6.10 Å². The first-order valence-corrected chi connectivity index (χ1v) is 6.23. The molecule has 0 saturated carbocycles. The van der Waals surface area contributed by atoms with Crippen LogP contribution in [-0.2, 0) is 0 Å². The van der Waals surface area contributed by atoms with Gasteiger partial charge in [-0.15, -0.1) is 0 Å². The van der Waals surface area contributed by atoms with Crippen LogP contribution in [0.5, 0.6) is 5.88 Å². The van der Waals surface area contributed by atoms with E-state index in [1.165, 1.54) is 6.33 Å². The number of hydrogen-bond acceptors (Lipinski definition) is 6. The molecule has 0 radical (unpaired) electrons. The second-order valence-corrected chi connectivity index (χ2v) is 4.37. The molecule has 0 aliphatic heterocycles. The van der Waals surface area contributed by atoms with Crippen molar-refractivity contribution in [1.82, 2.24) is 9.97 Å². The number of nitrogen functional groups attached to an aromatic ring is 1. The fourth-order valence-electron chi connectivity index (χ4n) is 1.54. The van der Waals surface area contributed by atoms with Gasteiger partial charge in [0.25, 0.3) is 0 Å². The van der Waals surface area contributed by atoms with Crippen LogP contribution < -0.4 is 15.8 Å². The van der Waals surface area contributed by atoms with Crippen molar-refractivity contribution in [3.05, 3.63) is 6.33 Å². The van der Waals surface area contributed by atoms with E-state index in [4.69, 9.17) is 15.6 Å². The highest BCUT2D eigenvalue weighted by atomic mass is 16.5. The summed E-state index contributed by atoms with van der Waals surface area (Å²) < 4.78 is 5.50. The van der Waals surface area contributed by atoms with Gasteiger partial charge in [-0.2, -0.15) is 4.98 Å². The smallest absolute Gasteiger partial charge is 0.242 e. The van der Waals surface area contributed by atoms with Crippen LogP contribution in [0, 0.1) is 0 Å². The lowest BCUT2D eigenvalue weighted by Crippen LogP contribution is -2.22. The lowest BCUT2D eigenvalue weighted by Gasteiger charge is -2.19. The predicted molar refractivity (Wildman–Crippen MR) is 71.6 cm³/mol. The zero-order valence-electron chi connectivity index (χ0n) is 11.2. The summed E-state index contributed by atoms with van der Waals surface area (Å²) in [5, 5.41) is 12.2. The standard InChI is InChI=1S/C12H22N4O2/c1-4-9(5-6-17)16-11-10(13)12(15-7-14-11)18-8(2)3/h7-9,17H,4-6,13H2,1-3H3,(H,14,15,16). The maximum atomic E-state index is 8.96. The summed E-state index contributed by atoms with van der Waals surface area (Å²) in [6.45, 7) is 5.99. The molecule has 0 aromatic carbocycles. The molecule has 1 unspecified atom stereocenters. The fourth-order valence-corrected chi connectivity index (χ4v) is 1.54. The second kappa shape index (κ2) is 7.00. The van der Waals surface area contributed by atoms with Gasteiger partial charge in [-0.3, -0.25) is 0 Å². The van der Waals surface area contributed by atoms with E-state index in [1.54, 1.807) is 0 Å². The molecular formula is C12H22N4O2. The van der Waals surface area contributed by atoms with Crippen molar-refractivity contribution in [1.29, 1.82) is 0 Å². The number of nitrogens with one attached hydrogen (secondary N) is 1. The van der Waals surface area contributed by atoms with E-state index in [1.807, 2.05) is 20.8 Å². The molecule has 0 spiro atoms. The molecule has 1 aromatic rings. The van der Waals surface area contributed by atoms with Crippen molar-refractivity contribution >= 4 is 11.5 Å². The molecule has 0 aliphatic rings. The molecule has 0 amide bonds. The van der Waals surface area contributed by atoms with Gasteiger partial charge in [-0.25, -0.2) is 4.98 Å². The summed E-state index contributed by atoms with van der Waals surface area (Å²) in [6.07, 6.45) is 2.96. The maximum absolute atomic E-state index is 8.96. The van der Waals surface area contributed by atoms with Crippen LogP contribution in [0.25, 0.3) is 0 Å². The third-order valence-corrected chi connectivity index (χ3v) is 2.51. The minimum atomic E-state index is 0.00876. The summed E-state index contributed by atoms with van der Waals surface area (Å²) in [5.74, 6) is 0.947. The van der Waals surface area contributed by atoms with Crippen molar-refractivity contribution in [2.45, 2.75) is 45.8 Å². The Balaban J connectivity index is 2.82. The molecule has 1 heterocycles. The highest BCUT2D eigenvalue weighted by molar-refractivity contribution is 5.66. The predicted octanol–water partition coefficient (Wildman–Crippen LogP) is 1.42. The highest BCUT2D eigenvalue weighted by Gasteiger charge is 2.13. The van der Waals surface area contributed by atoms with Crippen molar-refractivity contribution in [3.8, 4) is 5.88 Å². The number of aliphatic hydroxyl groups excluding tert-OH is 1. The van der Waals surface area contributed by atoms with E-state index in [-0.39, 0.29) is 18.8 Å². The van der Waals surface area contributed by atoms with Gasteiger partial charge in [0.1, 0.15) is 12.0 Å². The van der Waals surface area contributed by atoms with Gasteiger partial charge >= 0.3 is 0 Å². The van der Waals surface area contributed by atoms with Crippen LogP contribution in [0.3, 0.4) is 0 Å². The lowest BCUT2D eigenvalue weighted by molar-refractivity contribution is 0.234. The van der Waals surface area contributed by atoms with Crippen molar-refractivity contribution in [3.63, 3.8) is 0 Å². The zero-order chi connectivity index (χ0) is 13.5.